The standard InChI is InChI=1S/C12H8ClN3OS/c13-10-6-5-9(18-10)12-15-11(16-17-12)7-1-3-8(14)4-2-7/h1-6H,14H2. The Kier molecular flexibility index (Phi) is 2.77. The van der Waals surface area contributed by atoms with Gasteiger partial charge in [-0.05, 0) is 36.4 Å². The number of hydrogen-bond acceptors (Lipinski definition) is 5. The first kappa shape index (κ1) is 11.3. The van der Waals surface area contributed by atoms with Gasteiger partial charge in [-0.15, -0.1) is 11.3 Å². The molecule has 18 heavy (non-hydrogen) atoms. The van der Waals surface area contributed by atoms with Gasteiger partial charge in [0, 0.05) is 11.3 Å². The second-order valence-corrected chi connectivity index (χ2v) is 5.36. The lowest BCUT2D eigenvalue weighted by atomic mass is 10.2. The van der Waals surface area contributed by atoms with Gasteiger partial charge in [0.1, 0.15) is 0 Å². The Morgan fingerprint density at radius 2 is 1.89 bits per heavy atom. The smallest absolute Gasteiger partial charge is 0.268 e. The predicted molar refractivity (Wildman–Crippen MR) is 72.5 cm³/mol. The number of rotatable bonds is 2. The summed E-state index contributed by atoms with van der Waals surface area (Å²) >= 11 is 7.27. The molecule has 3 aromatic rings. The third-order valence-electron chi connectivity index (χ3n) is 2.38. The molecule has 90 valence electrons. The molecular weight excluding hydrogens is 270 g/mol. The highest BCUT2D eigenvalue weighted by Crippen LogP contribution is 2.31. The summed E-state index contributed by atoms with van der Waals surface area (Å²) < 4.78 is 5.90. The number of nitrogens with two attached hydrogens (primary N) is 1. The van der Waals surface area contributed by atoms with Gasteiger partial charge in [-0.1, -0.05) is 16.8 Å². The highest BCUT2D eigenvalue weighted by molar-refractivity contribution is 7.19. The Labute approximate surface area is 112 Å². The maximum Gasteiger partial charge on any atom is 0.268 e. The predicted octanol–water partition coefficient (Wildman–Crippen LogP) is 3.70. The minimum Gasteiger partial charge on any atom is -0.399 e. The summed E-state index contributed by atoms with van der Waals surface area (Å²) in [5.41, 5.74) is 7.19. The molecule has 2 heterocycles. The molecule has 0 fully saturated rings. The molecule has 0 atom stereocenters. The Morgan fingerprint density at radius 3 is 2.56 bits per heavy atom. The molecule has 4 nitrogen and oxygen atoms in total. The van der Waals surface area contributed by atoms with Gasteiger partial charge >= 0.3 is 0 Å². The number of anilines is 1. The minimum absolute atomic E-state index is 0.471. The summed E-state index contributed by atoms with van der Waals surface area (Å²) in [6.45, 7) is 0. The SMILES string of the molecule is Nc1ccc(-c2noc(-c3ccc(Cl)s3)n2)cc1. The van der Waals surface area contributed by atoms with Gasteiger partial charge in [-0.25, -0.2) is 0 Å². The van der Waals surface area contributed by atoms with Crippen molar-refractivity contribution in [3.05, 3.63) is 40.7 Å². The zero-order valence-electron chi connectivity index (χ0n) is 9.13. The van der Waals surface area contributed by atoms with Gasteiger partial charge in [-0.2, -0.15) is 4.98 Å². The molecule has 2 aromatic heterocycles. The summed E-state index contributed by atoms with van der Waals surface area (Å²) in [4.78, 5) is 5.18. The van der Waals surface area contributed by atoms with Crippen molar-refractivity contribution in [3.8, 4) is 22.2 Å². The number of aromatic nitrogens is 2. The first-order valence-electron chi connectivity index (χ1n) is 5.18. The monoisotopic (exact) mass is 277 g/mol. The van der Waals surface area contributed by atoms with E-state index in [4.69, 9.17) is 21.9 Å². The Balaban J connectivity index is 1.96. The Bertz CT molecular complexity index is 675. The largest absolute Gasteiger partial charge is 0.399 e. The van der Waals surface area contributed by atoms with Gasteiger partial charge in [0.25, 0.3) is 5.89 Å². The number of thiophene rings is 1. The van der Waals surface area contributed by atoms with Crippen molar-refractivity contribution in [3.63, 3.8) is 0 Å². The van der Waals surface area contributed by atoms with Gasteiger partial charge in [0.2, 0.25) is 5.82 Å². The average Bonchev–Trinajstić information content (AvgIpc) is 2.98. The number of hydrogen-bond donors (Lipinski definition) is 1. The normalized spacial score (nSPS) is 10.7. The van der Waals surface area contributed by atoms with E-state index < -0.39 is 0 Å². The molecule has 0 aliphatic carbocycles. The maximum atomic E-state index is 5.87. The van der Waals surface area contributed by atoms with Crippen molar-refractivity contribution in [2.45, 2.75) is 0 Å². The third kappa shape index (κ3) is 2.10. The summed E-state index contributed by atoms with van der Waals surface area (Å²) in [6.07, 6.45) is 0. The van der Waals surface area contributed by atoms with E-state index in [0.717, 1.165) is 10.4 Å². The number of nitrogen functional groups attached to an aromatic ring is 1. The Morgan fingerprint density at radius 1 is 1.11 bits per heavy atom. The Hall–Kier alpha value is -1.85. The molecule has 0 aliphatic heterocycles. The lowest BCUT2D eigenvalue weighted by molar-refractivity contribution is 0.433. The fourth-order valence-corrected chi connectivity index (χ4v) is 2.47. The fraction of sp³-hybridized carbons (Fsp3) is 0. The van der Waals surface area contributed by atoms with Gasteiger partial charge in [-0.3, -0.25) is 0 Å². The zero-order chi connectivity index (χ0) is 12.5. The molecule has 1 aromatic carbocycles. The quantitative estimate of drug-likeness (QED) is 0.725. The molecule has 0 amide bonds. The van der Waals surface area contributed by atoms with E-state index in [0.29, 0.717) is 21.7 Å². The fourth-order valence-electron chi connectivity index (χ4n) is 1.50. The molecule has 0 radical (unpaired) electrons. The molecule has 0 bridgehead atoms. The van der Waals surface area contributed by atoms with Crippen LogP contribution in [0.5, 0.6) is 0 Å². The van der Waals surface area contributed by atoms with E-state index in [1.807, 2.05) is 18.2 Å². The van der Waals surface area contributed by atoms with Crippen LogP contribution in [0.2, 0.25) is 4.34 Å². The maximum absolute atomic E-state index is 5.87. The molecule has 0 unspecified atom stereocenters. The number of halogens is 1. The van der Waals surface area contributed by atoms with Gasteiger partial charge < -0.3 is 10.3 Å². The van der Waals surface area contributed by atoms with Crippen molar-refractivity contribution in [2.75, 3.05) is 5.73 Å². The molecule has 0 saturated carbocycles. The van der Waals surface area contributed by atoms with E-state index in [-0.39, 0.29) is 0 Å². The highest BCUT2D eigenvalue weighted by Gasteiger charge is 2.12. The lowest BCUT2D eigenvalue weighted by Gasteiger charge is -1.94. The first-order chi connectivity index (χ1) is 8.72. The van der Waals surface area contributed by atoms with Crippen LogP contribution in [-0.2, 0) is 0 Å². The van der Waals surface area contributed by atoms with Crippen molar-refractivity contribution in [1.82, 2.24) is 10.1 Å². The van der Waals surface area contributed by atoms with Crippen LogP contribution < -0.4 is 5.73 Å². The molecule has 6 heteroatoms. The van der Waals surface area contributed by atoms with E-state index in [9.17, 15) is 0 Å². The van der Waals surface area contributed by atoms with Crippen LogP contribution in [-0.4, -0.2) is 10.1 Å². The van der Waals surface area contributed by atoms with Crippen molar-refractivity contribution in [1.29, 1.82) is 0 Å². The summed E-state index contributed by atoms with van der Waals surface area (Å²) in [5.74, 6) is 1.01. The van der Waals surface area contributed by atoms with Crippen molar-refractivity contribution in [2.24, 2.45) is 0 Å². The molecule has 2 N–H and O–H groups in total. The van der Waals surface area contributed by atoms with Crippen LogP contribution in [0.4, 0.5) is 5.69 Å². The van der Waals surface area contributed by atoms with Gasteiger partial charge in [0.05, 0.1) is 9.21 Å². The summed E-state index contributed by atoms with van der Waals surface area (Å²) in [6, 6.07) is 11.0. The molecular formula is C12H8ClN3OS. The van der Waals surface area contributed by atoms with Crippen LogP contribution in [0.15, 0.2) is 40.9 Å². The molecule has 0 aliphatic rings. The topological polar surface area (TPSA) is 64.9 Å². The van der Waals surface area contributed by atoms with Crippen molar-refractivity contribution >= 4 is 28.6 Å². The first-order valence-corrected chi connectivity index (χ1v) is 6.37. The van der Waals surface area contributed by atoms with Crippen molar-refractivity contribution < 1.29 is 4.52 Å². The molecule has 0 saturated heterocycles. The van der Waals surface area contributed by atoms with E-state index in [2.05, 4.69) is 10.1 Å². The lowest BCUT2D eigenvalue weighted by Crippen LogP contribution is -1.85. The van der Waals surface area contributed by atoms with E-state index in [1.165, 1.54) is 11.3 Å². The van der Waals surface area contributed by atoms with Crippen LogP contribution >= 0.6 is 22.9 Å². The third-order valence-corrected chi connectivity index (χ3v) is 3.60. The van der Waals surface area contributed by atoms with E-state index >= 15 is 0 Å². The second-order valence-electron chi connectivity index (χ2n) is 3.65. The highest BCUT2D eigenvalue weighted by atomic mass is 35.5. The van der Waals surface area contributed by atoms with Crippen LogP contribution in [0.3, 0.4) is 0 Å². The van der Waals surface area contributed by atoms with Crippen LogP contribution in [0.1, 0.15) is 0 Å². The zero-order valence-corrected chi connectivity index (χ0v) is 10.7. The summed E-state index contributed by atoms with van der Waals surface area (Å²) in [7, 11) is 0. The number of benzene rings is 1. The van der Waals surface area contributed by atoms with E-state index in [1.54, 1.807) is 18.2 Å². The minimum atomic E-state index is 0.471. The van der Waals surface area contributed by atoms with Gasteiger partial charge in [0.15, 0.2) is 0 Å². The molecule has 3 rings (SSSR count). The molecule has 0 spiro atoms. The number of nitrogens with zero attached hydrogens (tertiary/aromatic N) is 2. The van der Waals surface area contributed by atoms with Crippen LogP contribution in [0.25, 0.3) is 22.2 Å². The summed E-state index contributed by atoms with van der Waals surface area (Å²) in [5, 5.41) is 3.94. The van der Waals surface area contributed by atoms with Crippen LogP contribution in [0, 0.1) is 0 Å². The average molecular weight is 278 g/mol. The second kappa shape index (κ2) is 4.44.